The van der Waals surface area contributed by atoms with Crippen molar-refractivity contribution in [2.75, 3.05) is 13.2 Å². The fraction of sp³-hybridized carbons (Fsp3) is 0.701. The molecule has 0 aromatic heterocycles. The first kappa shape index (κ1) is 72.7. The number of hydrogen-bond acceptors (Lipinski definition) is 11. The molecule has 0 spiro atoms. The molecule has 0 aromatic carbocycles. The third kappa shape index (κ3) is 44.0. The number of carboxylic acid groups (broad SMARTS) is 1. The summed E-state index contributed by atoms with van der Waals surface area (Å²) in [7, 11) is 0. The van der Waals surface area contributed by atoms with E-state index in [0.29, 0.717) is 19.3 Å². The molecule has 0 aliphatic carbocycles. The molecule has 0 saturated carbocycles. The fourth-order valence-electron chi connectivity index (χ4n) is 8.90. The molecule has 12 nitrogen and oxygen atoms in total. The molecule has 12 heteroatoms. The third-order valence-electron chi connectivity index (χ3n) is 13.6. The van der Waals surface area contributed by atoms with Crippen molar-refractivity contribution in [3.05, 3.63) is 97.2 Å². The van der Waals surface area contributed by atoms with E-state index in [1.54, 1.807) is 0 Å². The van der Waals surface area contributed by atoms with Crippen LogP contribution in [0, 0.1) is 0 Å². The zero-order valence-electron chi connectivity index (χ0n) is 49.6. The van der Waals surface area contributed by atoms with Crippen molar-refractivity contribution in [1.82, 2.24) is 0 Å². The number of carboxylic acids is 1. The number of aliphatic hydroxyl groups excluding tert-OH is 2. The molecule has 79 heavy (non-hydrogen) atoms. The minimum Gasteiger partial charge on any atom is -0.479 e. The number of aliphatic hydroxyl groups is 2. The van der Waals surface area contributed by atoms with Crippen molar-refractivity contribution in [2.24, 2.45) is 0 Å². The smallest absolute Gasteiger partial charge is 0.335 e. The van der Waals surface area contributed by atoms with E-state index < -0.39 is 67.3 Å². The number of ether oxygens (including phenoxy) is 5. The second-order valence-corrected chi connectivity index (χ2v) is 20.9. The van der Waals surface area contributed by atoms with Gasteiger partial charge in [-0.3, -0.25) is 14.4 Å². The molecule has 0 amide bonds. The first-order chi connectivity index (χ1) is 38.6. The Hall–Kier alpha value is -4.36. The van der Waals surface area contributed by atoms with Gasteiger partial charge in [0.1, 0.15) is 18.8 Å². The molecule has 0 radical (unpaired) electrons. The molecule has 1 aliphatic heterocycles. The summed E-state index contributed by atoms with van der Waals surface area (Å²) in [6, 6.07) is 0. The van der Waals surface area contributed by atoms with Gasteiger partial charge in [0.2, 0.25) is 0 Å². The van der Waals surface area contributed by atoms with E-state index in [0.717, 1.165) is 167 Å². The number of carbonyl (C=O) groups excluding carboxylic acids is 3. The molecule has 0 aromatic rings. The van der Waals surface area contributed by atoms with Crippen LogP contribution in [-0.2, 0) is 42.9 Å². The predicted molar refractivity (Wildman–Crippen MR) is 321 cm³/mol. The molecule has 0 bridgehead atoms. The van der Waals surface area contributed by atoms with Gasteiger partial charge in [0, 0.05) is 19.3 Å². The van der Waals surface area contributed by atoms with Crippen LogP contribution in [0.4, 0.5) is 0 Å². The molecule has 1 fully saturated rings. The number of esters is 3. The molecule has 1 saturated heterocycles. The van der Waals surface area contributed by atoms with E-state index in [1.165, 1.54) is 25.7 Å². The Morgan fingerprint density at radius 2 is 0.797 bits per heavy atom. The van der Waals surface area contributed by atoms with Crippen LogP contribution in [-0.4, -0.2) is 89.2 Å². The van der Waals surface area contributed by atoms with E-state index in [4.69, 9.17) is 23.7 Å². The highest BCUT2D eigenvalue weighted by molar-refractivity contribution is 5.74. The van der Waals surface area contributed by atoms with Crippen molar-refractivity contribution >= 4 is 23.9 Å². The average molecular weight is 1110 g/mol. The molecule has 1 aliphatic rings. The highest BCUT2D eigenvalue weighted by atomic mass is 16.7. The van der Waals surface area contributed by atoms with Crippen LogP contribution < -0.4 is 0 Å². The van der Waals surface area contributed by atoms with Gasteiger partial charge in [-0.15, -0.1) is 0 Å². The molecular formula is C67H110O12. The van der Waals surface area contributed by atoms with Gasteiger partial charge in [-0.25, -0.2) is 4.79 Å². The Balaban J connectivity index is 2.68. The zero-order valence-corrected chi connectivity index (χ0v) is 49.6. The summed E-state index contributed by atoms with van der Waals surface area (Å²) in [5, 5.41) is 31.5. The monoisotopic (exact) mass is 1110 g/mol. The van der Waals surface area contributed by atoms with Crippen LogP contribution >= 0.6 is 0 Å². The van der Waals surface area contributed by atoms with Gasteiger partial charge in [0.25, 0.3) is 0 Å². The van der Waals surface area contributed by atoms with Crippen LogP contribution in [0.15, 0.2) is 97.2 Å². The van der Waals surface area contributed by atoms with Crippen LogP contribution in [0.2, 0.25) is 0 Å². The molecule has 1 rings (SSSR count). The average Bonchev–Trinajstić information content (AvgIpc) is 3.47. The van der Waals surface area contributed by atoms with Gasteiger partial charge < -0.3 is 39.0 Å². The summed E-state index contributed by atoms with van der Waals surface area (Å²) >= 11 is 0. The highest BCUT2D eigenvalue weighted by Gasteiger charge is 2.50. The lowest BCUT2D eigenvalue weighted by atomic mass is 9.98. The van der Waals surface area contributed by atoms with Gasteiger partial charge in [0.05, 0.1) is 6.61 Å². The van der Waals surface area contributed by atoms with Crippen molar-refractivity contribution in [3.63, 3.8) is 0 Å². The number of hydrogen-bond donors (Lipinski definition) is 3. The van der Waals surface area contributed by atoms with Crippen LogP contribution in [0.1, 0.15) is 252 Å². The maximum atomic E-state index is 13.2. The summed E-state index contributed by atoms with van der Waals surface area (Å²) in [6.45, 7) is 5.74. The molecule has 6 unspecified atom stereocenters. The highest BCUT2D eigenvalue weighted by Crippen LogP contribution is 2.26. The topological polar surface area (TPSA) is 175 Å². The van der Waals surface area contributed by atoms with Crippen LogP contribution in [0.25, 0.3) is 0 Å². The molecule has 1 heterocycles. The van der Waals surface area contributed by atoms with Gasteiger partial charge in [0.15, 0.2) is 24.6 Å². The molecular weight excluding hydrogens is 997 g/mol. The second kappa shape index (κ2) is 54.2. The van der Waals surface area contributed by atoms with Crippen LogP contribution in [0.3, 0.4) is 0 Å². The summed E-state index contributed by atoms with van der Waals surface area (Å²) < 4.78 is 28.5. The van der Waals surface area contributed by atoms with E-state index in [1.807, 2.05) is 0 Å². The molecule has 450 valence electrons. The predicted octanol–water partition coefficient (Wildman–Crippen LogP) is 16.5. The zero-order chi connectivity index (χ0) is 57.5. The summed E-state index contributed by atoms with van der Waals surface area (Å²) in [5.74, 6) is -3.16. The van der Waals surface area contributed by atoms with E-state index in [9.17, 15) is 34.5 Å². The Bertz CT molecular complexity index is 1740. The minimum atomic E-state index is -1.91. The number of carbonyl (C=O) groups is 4. The SMILES string of the molecule is CC/C=C\C/C=C\C/C=C\C/C=C\CCCCCCCCC(=O)OCC(COC1OC(C(=O)O)C(O)C(O)C1OC(=O)CCCCCCCCC/C=C\C/C=C\C/C=C\CC)OC(=O)CCCCCCC/C=C\CCCCCC. The maximum absolute atomic E-state index is 13.2. The Labute approximate surface area is 479 Å². The number of unbranched alkanes of at least 4 members (excludes halogenated alkanes) is 22. The van der Waals surface area contributed by atoms with Gasteiger partial charge in [-0.2, -0.15) is 0 Å². The first-order valence-corrected chi connectivity index (χ1v) is 31.2. The summed E-state index contributed by atoms with van der Waals surface area (Å²) in [5.41, 5.74) is 0. The quantitative estimate of drug-likeness (QED) is 0.0228. The number of allylic oxidation sites excluding steroid dienone is 16. The lowest BCUT2D eigenvalue weighted by Crippen LogP contribution is -2.61. The summed E-state index contributed by atoms with van der Waals surface area (Å²) in [6.07, 6.45) is 59.3. The first-order valence-electron chi connectivity index (χ1n) is 31.2. The van der Waals surface area contributed by atoms with E-state index in [-0.39, 0.29) is 25.9 Å². The maximum Gasteiger partial charge on any atom is 0.335 e. The number of aliphatic carboxylic acids is 1. The van der Waals surface area contributed by atoms with Crippen molar-refractivity contribution in [1.29, 1.82) is 0 Å². The second-order valence-electron chi connectivity index (χ2n) is 20.9. The Morgan fingerprint density at radius 3 is 1.23 bits per heavy atom. The van der Waals surface area contributed by atoms with Crippen LogP contribution in [0.5, 0.6) is 0 Å². The lowest BCUT2D eigenvalue weighted by Gasteiger charge is -2.40. The molecule has 3 N–H and O–H groups in total. The Morgan fingerprint density at radius 1 is 0.430 bits per heavy atom. The molecule has 6 atom stereocenters. The standard InChI is InChI=1S/C67H110O12/c1-4-7-10-13-16-19-22-25-27-29-30-32-33-36-38-41-44-47-50-53-59(68)75-56-58(77-60(69)54-51-48-45-42-39-35-24-21-18-15-12-9-6-3)57-76-67-65(63(72)62(71)64(79-67)66(73)74)78-61(70)55-52-49-46-43-40-37-34-31-28-26-23-20-17-14-11-8-5-2/h7-8,10-11,16-17,19-21,24-28,30,32,58,62-65,67,71-72H,4-6,9,12-15,18,22-23,29,31,33-57H2,1-3H3,(H,73,74)/b10-7-,11-8-,19-16-,20-17-,24-21-,27-25-,28-26-,32-30-. The van der Waals surface area contributed by atoms with E-state index >= 15 is 0 Å². The Kier molecular flexibility index (Phi) is 49.9. The minimum absolute atomic E-state index is 0.0433. The summed E-state index contributed by atoms with van der Waals surface area (Å²) in [4.78, 5) is 51.2. The lowest BCUT2D eigenvalue weighted by molar-refractivity contribution is -0.301. The van der Waals surface area contributed by atoms with Gasteiger partial charge >= 0.3 is 23.9 Å². The van der Waals surface area contributed by atoms with E-state index in [2.05, 4.69) is 118 Å². The van der Waals surface area contributed by atoms with Crippen molar-refractivity contribution in [3.8, 4) is 0 Å². The van der Waals surface area contributed by atoms with Gasteiger partial charge in [-0.1, -0.05) is 214 Å². The number of rotatable bonds is 52. The van der Waals surface area contributed by atoms with Crippen molar-refractivity contribution < 1.29 is 58.2 Å². The normalized spacial score (nSPS) is 18.5. The largest absolute Gasteiger partial charge is 0.479 e. The third-order valence-corrected chi connectivity index (χ3v) is 13.6. The van der Waals surface area contributed by atoms with Crippen molar-refractivity contribution in [2.45, 2.75) is 289 Å². The van der Waals surface area contributed by atoms with Gasteiger partial charge in [-0.05, 0) is 116 Å². The fourth-order valence-corrected chi connectivity index (χ4v) is 8.90.